The summed E-state index contributed by atoms with van der Waals surface area (Å²) in [6, 6.07) is 3.92. The Morgan fingerprint density at radius 3 is 2.50 bits per heavy atom. The average Bonchev–Trinajstić information content (AvgIpc) is 2.54. The Bertz CT molecular complexity index is 829. The molecule has 2 N–H and O–H groups in total. The number of carbonyl (C=O) groups is 1. The van der Waals surface area contributed by atoms with Gasteiger partial charge in [-0.25, -0.2) is 8.42 Å². The van der Waals surface area contributed by atoms with E-state index in [1.54, 1.807) is 0 Å². The van der Waals surface area contributed by atoms with E-state index in [0.717, 1.165) is 31.4 Å². The van der Waals surface area contributed by atoms with E-state index in [1.165, 1.54) is 6.07 Å². The van der Waals surface area contributed by atoms with Crippen LogP contribution in [-0.4, -0.2) is 38.2 Å². The topological polar surface area (TPSA) is 75.3 Å². The molecule has 0 heterocycles. The van der Waals surface area contributed by atoms with E-state index < -0.39 is 21.6 Å². The molecule has 1 amide bonds. The molecular formula is C19H25F3N2O3S. The second kappa shape index (κ2) is 7.67. The number of hydrogen-bond acceptors (Lipinski definition) is 4. The smallest absolute Gasteiger partial charge is 0.350 e. The Labute approximate surface area is 163 Å². The van der Waals surface area contributed by atoms with Crippen molar-refractivity contribution in [3.05, 3.63) is 29.8 Å². The Balaban J connectivity index is 1.45. The first kappa shape index (κ1) is 21.1. The van der Waals surface area contributed by atoms with Crippen molar-refractivity contribution < 1.29 is 26.4 Å². The highest BCUT2D eigenvalue weighted by Gasteiger charge is 2.36. The third-order valence-corrected chi connectivity index (χ3v) is 7.54. The second-order valence-electron chi connectivity index (χ2n) is 8.18. The van der Waals surface area contributed by atoms with Crippen molar-refractivity contribution >= 4 is 15.7 Å². The van der Waals surface area contributed by atoms with E-state index in [9.17, 15) is 26.4 Å². The number of alkyl halides is 3. The molecule has 9 heteroatoms. The van der Waals surface area contributed by atoms with Gasteiger partial charge >= 0.3 is 6.18 Å². The van der Waals surface area contributed by atoms with E-state index in [-0.39, 0.29) is 40.6 Å². The van der Waals surface area contributed by atoms with E-state index in [1.807, 2.05) is 6.92 Å². The van der Waals surface area contributed by atoms with Crippen LogP contribution in [0.3, 0.4) is 0 Å². The number of benzene rings is 1. The fraction of sp³-hybridized carbons (Fsp3) is 0.632. The van der Waals surface area contributed by atoms with Crippen molar-refractivity contribution in [2.75, 3.05) is 12.3 Å². The van der Waals surface area contributed by atoms with Gasteiger partial charge in [0.1, 0.15) is 0 Å². The monoisotopic (exact) mass is 418 g/mol. The van der Waals surface area contributed by atoms with Gasteiger partial charge in [0, 0.05) is 11.6 Å². The molecule has 0 spiro atoms. The van der Waals surface area contributed by atoms with Crippen LogP contribution in [0.25, 0.3) is 0 Å². The Hall–Kier alpha value is -1.61. The van der Waals surface area contributed by atoms with Crippen molar-refractivity contribution in [1.82, 2.24) is 10.6 Å². The van der Waals surface area contributed by atoms with Crippen LogP contribution in [0.1, 0.15) is 44.6 Å². The quantitative estimate of drug-likeness (QED) is 0.714. The predicted molar refractivity (Wildman–Crippen MR) is 98.4 cm³/mol. The minimum Gasteiger partial charge on any atom is -0.350 e. The first-order valence-corrected chi connectivity index (χ1v) is 11.1. The van der Waals surface area contributed by atoms with Crippen LogP contribution in [0.5, 0.6) is 0 Å². The van der Waals surface area contributed by atoms with Crippen molar-refractivity contribution in [3.63, 3.8) is 0 Å². The molecule has 0 radical (unpaired) electrons. The third kappa shape index (κ3) is 5.05. The summed E-state index contributed by atoms with van der Waals surface area (Å²) in [7, 11) is -3.78. The molecule has 5 nitrogen and oxygen atoms in total. The summed E-state index contributed by atoms with van der Waals surface area (Å²) in [6.45, 7) is 2.21. The van der Waals surface area contributed by atoms with Gasteiger partial charge in [-0.1, -0.05) is 6.07 Å². The van der Waals surface area contributed by atoms with Crippen molar-refractivity contribution in [3.8, 4) is 0 Å². The molecule has 2 aliphatic carbocycles. The van der Waals surface area contributed by atoms with Gasteiger partial charge in [0.05, 0.1) is 22.8 Å². The van der Waals surface area contributed by atoms with Crippen LogP contribution in [0.4, 0.5) is 13.2 Å². The lowest BCUT2D eigenvalue weighted by Gasteiger charge is -2.40. The zero-order valence-electron chi connectivity index (χ0n) is 15.7. The number of amides is 1. The molecular weight excluding hydrogens is 393 g/mol. The highest BCUT2D eigenvalue weighted by atomic mass is 32.2. The molecule has 28 heavy (non-hydrogen) atoms. The molecule has 0 atom stereocenters. The van der Waals surface area contributed by atoms with Crippen molar-refractivity contribution in [2.24, 2.45) is 5.92 Å². The number of sulfone groups is 1. The highest BCUT2D eigenvalue weighted by Crippen LogP contribution is 2.34. The number of nitrogens with one attached hydrogen (secondary N) is 2. The first-order chi connectivity index (χ1) is 13.0. The predicted octanol–water partition coefficient (Wildman–Crippen LogP) is 2.91. The number of halogens is 3. The number of carbonyl (C=O) groups excluding carboxylic acids is 1. The standard InChI is InChI=1S/C19H25F3N2O3S/c1-18(6-3-7-18)24-17(25)11-23-15-8-13(9-15)12-28(26,27)16-5-2-4-14(10-16)19(20,21)22/h2,4-5,10,13,15,23H,3,6-9,11-12H2,1H3,(H,24,25)/t13-,15-. The molecule has 0 unspecified atom stereocenters. The Kier molecular flexibility index (Phi) is 5.78. The van der Waals surface area contributed by atoms with Gasteiger partial charge in [0.25, 0.3) is 0 Å². The van der Waals surface area contributed by atoms with Crippen molar-refractivity contribution in [1.29, 1.82) is 0 Å². The molecule has 2 aliphatic rings. The molecule has 1 aromatic rings. The fourth-order valence-corrected chi connectivity index (χ4v) is 5.44. The average molecular weight is 418 g/mol. The fourth-order valence-electron chi connectivity index (χ4n) is 3.76. The Morgan fingerprint density at radius 1 is 1.25 bits per heavy atom. The van der Waals surface area contributed by atoms with Gasteiger partial charge < -0.3 is 10.6 Å². The molecule has 156 valence electrons. The van der Waals surface area contributed by atoms with Crippen LogP contribution in [0.15, 0.2) is 29.2 Å². The summed E-state index contributed by atoms with van der Waals surface area (Å²) in [5.74, 6) is -0.372. The van der Waals surface area contributed by atoms with Gasteiger partial charge in [-0.2, -0.15) is 13.2 Å². The summed E-state index contributed by atoms with van der Waals surface area (Å²) >= 11 is 0. The van der Waals surface area contributed by atoms with E-state index >= 15 is 0 Å². The van der Waals surface area contributed by atoms with Crippen LogP contribution in [0.2, 0.25) is 0 Å². The number of rotatable bonds is 7. The molecule has 3 rings (SSSR count). The molecule has 0 saturated heterocycles. The Morgan fingerprint density at radius 2 is 1.93 bits per heavy atom. The normalized spacial score (nSPS) is 24.1. The largest absolute Gasteiger partial charge is 0.416 e. The highest BCUT2D eigenvalue weighted by molar-refractivity contribution is 7.91. The summed E-state index contributed by atoms with van der Waals surface area (Å²) in [5.41, 5.74) is -1.06. The maximum absolute atomic E-state index is 12.8. The number of hydrogen-bond donors (Lipinski definition) is 2. The minimum absolute atomic E-state index is 0.0571. The first-order valence-electron chi connectivity index (χ1n) is 9.41. The van der Waals surface area contributed by atoms with E-state index in [2.05, 4.69) is 10.6 Å². The summed E-state index contributed by atoms with van der Waals surface area (Å²) in [6.07, 6.45) is -0.316. The maximum atomic E-state index is 12.8. The molecule has 2 saturated carbocycles. The lowest BCUT2D eigenvalue weighted by molar-refractivity contribution is -0.137. The van der Waals surface area contributed by atoms with Gasteiger partial charge in [0.2, 0.25) is 5.91 Å². The van der Waals surface area contributed by atoms with Crippen LogP contribution < -0.4 is 10.6 Å². The van der Waals surface area contributed by atoms with Crippen LogP contribution >= 0.6 is 0 Å². The second-order valence-corrected chi connectivity index (χ2v) is 10.2. The molecule has 0 aliphatic heterocycles. The van der Waals surface area contributed by atoms with Crippen LogP contribution in [0, 0.1) is 5.92 Å². The van der Waals surface area contributed by atoms with Gasteiger partial charge in [-0.3, -0.25) is 4.79 Å². The zero-order valence-corrected chi connectivity index (χ0v) is 16.5. The summed E-state index contributed by atoms with van der Waals surface area (Å²) in [4.78, 5) is 11.6. The van der Waals surface area contributed by atoms with Gasteiger partial charge in [-0.15, -0.1) is 0 Å². The molecule has 1 aromatic carbocycles. The molecule has 2 fully saturated rings. The minimum atomic E-state index is -4.58. The zero-order chi connectivity index (χ0) is 20.6. The summed E-state index contributed by atoms with van der Waals surface area (Å²) in [5, 5.41) is 6.11. The van der Waals surface area contributed by atoms with E-state index in [0.29, 0.717) is 18.9 Å². The lowest BCUT2D eigenvalue weighted by atomic mass is 9.78. The van der Waals surface area contributed by atoms with Gasteiger partial charge in [-0.05, 0) is 63.1 Å². The molecule has 0 aromatic heterocycles. The summed E-state index contributed by atoms with van der Waals surface area (Å²) < 4.78 is 63.2. The van der Waals surface area contributed by atoms with Crippen molar-refractivity contribution in [2.45, 2.75) is 61.7 Å². The lowest BCUT2D eigenvalue weighted by Crippen LogP contribution is -2.54. The SMILES string of the molecule is CC1(NC(=O)CN[C@H]2C[C@H](CS(=O)(=O)c3cccc(C(F)(F)F)c3)C2)CCC1. The van der Waals surface area contributed by atoms with Crippen LogP contribution in [-0.2, 0) is 20.8 Å². The van der Waals surface area contributed by atoms with E-state index in [4.69, 9.17) is 0 Å². The van der Waals surface area contributed by atoms with Gasteiger partial charge in [0.15, 0.2) is 9.84 Å². The third-order valence-electron chi connectivity index (χ3n) is 5.66. The molecule has 0 bridgehead atoms. The maximum Gasteiger partial charge on any atom is 0.416 e.